The van der Waals surface area contributed by atoms with Crippen molar-refractivity contribution in [2.45, 2.75) is 117 Å². The number of carbonyl (C=O) groups is 4. The third-order valence-electron chi connectivity index (χ3n) is 14.3. The summed E-state index contributed by atoms with van der Waals surface area (Å²) < 4.78 is 37.3. The smallest absolute Gasteiger partial charge is 0.351 e. The van der Waals surface area contributed by atoms with Crippen LogP contribution in [0, 0.1) is 28.6 Å². The number of hydrogen-bond donors (Lipinski definition) is 0. The average molecular weight is 713 g/mol. The Bertz CT molecular complexity index is 2180. The van der Waals surface area contributed by atoms with Crippen molar-refractivity contribution >= 4 is 34.8 Å². The van der Waals surface area contributed by atoms with Gasteiger partial charge in [0.2, 0.25) is 11.2 Å². The molecular weight excluding hydrogens is 668 g/mol. The molecule has 5 aliphatic rings. The van der Waals surface area contributed by atoms with E-state index in [4.69, 9.17) is 28.1 Å². The Labute approximate surface area is 301 Å². The minimum absolute atomic E-state index is 0.102. The first-order chi connectivity index (χ1) is 24.2. The zero-order chi connectivity index (χ0) is 37.6. The molecule has 3 aliphatic heterocycles. The van der Waals surface area contributed by atoms with Gasteiger partial charge in [0.25, 0.3) is 0 Å². The van der Waals surface area contributed by atoms with Gasteiger partial charge in [-0.25, -0.2) is 14.4 Å². The molecule has 1 aromatic heterocycles. The fourth-order valence-electron chi connectivity index (χ4n) is 9.72. The standard InChI is InChI=1S/C41H44O11/c1-21-23-15-16-24-26(27(23)47-30(42)25(21)22-13-11-10-12-14-22)28(48-33(45)40-19-17-38(8,31(43)51-40)36(40,4)5)29(35(2,3)50-24)49-34(46)41-20-18-39(9,32(44)52-41)37(41,6)7/h10-16,28-29H,17-20H2,1-9H3/t28-,29-,38?,39?,40?,41?/m1/s1. The summed E-state index contributed by atoms with van der Waals surface area (Å²) in [5.74, 6) is -2.29. The first-order valence-electron chi connectivity index (χ1n) is 17.9. The largest absolute Gasteiger partial charge is 0.483 e. The van der Waals surface area contributed by atoms with E-state index < -0.39 is 80.2 Å². The molecule has 4 fully saturated rings. The maximum Gasteiger partial charge on any atom is 0.351 e. The van der Waals surface area contributed by atoms with Gasteiger partial charge in [0.05, 0.1) is 22.0 Å². The molecule has 2 aromatic carbocycles. The zero-order valence-electron chi connectivity index (χ0n) is 31.0. The highest BCUT2D eigenvalue weighted by atomic mass is 16.7. The highest BCUT2D eigenvalue weighted by Gasteiger charge is 2.78. The molecule has 0 amide bonds. The van der Waals surface area contributed by atoms with Crippen molar-refractivity contribution < 1.29 is 47.3 Å². The number of hydrogen-bond acceptors (Lipinski definition) is 11. The Kier molecular flexibility index (Phi) is 6.79. The van der Waals surface area contributed by atoms with Crippen LogP contribution in [0.25, 0.3) is 22.1 Å². The van der Waals surface area contributed by atoms with Crippen LogP contribution in [0.15, 0.2) is 51.7 Å². The summed E-state index contributed by atoms with van der Waals surface area (Å²) in [5, 5.41) is 0.557. The molecule has 0 N–H and O–H groups in total. The van der Waals surface area contributed by atoms with Crippen molar-refractivity contribution in [2.24, 2.45) is 21.7 Å². The molecule has 8 rings (SSSR count). The van der Waals surface area contributed by atoms with E-state index in [1.165, 1.54) is 0 Å². The SMILES string of the molecule is Cc1c(-c2ccccc2)c(=O)oc2c3c(ccc12)OC(C)(C)[C@H](OC(=O)C12CCC(C)(C(=O)O1)C2(C)C)[C@@H]3OC(=O)C12CCC(C)(C(=O)O1)C2(C)C. The molecule has 2 saturated carbocycles. The predicted octanol–water partition coefficient (Wildman–Crippen LogP) is 6.68. The van der Waals surface area contributed by atoms with Gasteiger partial charge in [-0.05, 0) is 83.6 Å². The lowest BCUT2D eigenvalue weighted by Gasteiger charge is -2.45. The second kappa shape index (κ2) is 10.3. The van der Waals surface area contributed by atoms with Crippen LogP contribution in [0.2, 0.25) is 0 Å². The fourth-order valence-corrected chi connectivity index (χ4v) is 9.72. The van der Waals surface area contributed by atoms with Gasteiger partial charge in [-0.3, -0.25) is 9.59 Å². The third kappa shape index (κ3) is 3.89. The molecule has 2 aliphatic carbocycles. The number of aryl methyl sites for hydroxylation is 1. The molecule has 4 bridgehead atoms. The molecule has 4 unspecified atom stereocenters. The number of esters is 4. The molecule has 3 aromatic rings. The molecular formula is C41H44O11. The van der Waals surface area contributed by atoms with Crippen LogP contribution in [-0.2, 0) is 38.1 Å². The molecule has 2 saturated heterocycles. The Morgan fingerprint density at radius 3 is 1.73 bits per heavy atom. The number of ether oxygens (including phenoxy) is 5. The molecule has 274 valence electrons. The zero-order valence-corrected chi connectivity index (χ0v) is 31.0. The molecule has 4 heterocycles. The Balaban J connectivity index is 1.30. The van der Waals surface area contributed by atoms with Gasteiger partial charge in [-0.15, -0.1) is 0 Å². The van der Waals surface area contributed by atoms with E-state index >= 15 is 0 Å². The van der Waals surface area contributed by atoms with Gasteiger partial charge < -0.3 is 28.1 Å². The Hall–Kier alpha value is -4.67. The first kappa shape index (κ1) is 34.4. The van der Waals surface area contributed by atoms with Crippen molar-refractivity contribution in [3.8, 4) is 16.9 Å². The van der Waals surface area contributed by atoms with Gasteiger partial charge in [0.15, 0.2) is 12.2 Å². The fraction of sp³-hybridized carbons (Fsp3) is 0.537. The summed E-state index contributed by atoms with van der Waals surface area (Å²) in [7, 11) is 0. The lowest BCUT2D eigenvalue weighted by atomic mass is 9.66. The average Bonchev–Trinajstić information content (AvgIpc) is 3.54. The van der Waals surface area contributed by atoms with Crippen molar-refractivity contribution in [1.82, 2.24) is 0 Å². The molecule has 52 heavy (non-hydrogen) atoms. The van der Waals surface area contributed by atoms with Crippen molar-refractivity contribution in [3.63, 3.8) is 0 Å². The van der Waals surface area contributed by atoms with E-state index in [9.17, 15) is 24.0 Å². The van der Waals surface area contributed by atoms with Gasteiger partial charge in [-0.2, -0.15) is 0 Å². The van der Waals surface area contributed by atoms with Gasteiger partial charge >= 0.3 is 29.5 Å². The van der Waals surface area contributed by atoms with Crippen LogP contribution < -0.4 is 10.4 Å². The number of rotatable bonds is 5. The minimum atomic E-state index is -1.62. The van der Waals surface area contributed by atoms with Gasteiger partial charge in [0, 0.05) is 16.2 Å². The summed E-state index contributed by atoms with van der Waals surface area (Å²) in [6.45, 7) is 16.1. The van der Waals surface area contributed by atoms with Crippen LogP contribution in [-0.4, -0.2) is 46.8 Å². The van der Waals surface area contributed by atoms with E-state index in [0.29, 0.717) is 34.9 Å². The summed E-state index contributed by atoms with van der Waals surface area (Å²) in [6.07, 6.45) is -1.39. The first-order valence-corrected chi connectivity index (χ1v) is 17.9. The summed E-state index contributed by atoms with van der Waals surface area (Å²) in [6, 6.07) is 12.6. The molecule has 0 radical (unpaired) electrons. The summed E-state index contributed by atoms with van der Waals surface area (Å²) in [4.78, 5) is 69.4. The van der Waals surface area contributed by atoms with Crippen LogP contribution in [0.4, 0.5) is 0 Å². The van der Waals surface area contributed by atoms with Crippen LogP contribution in [0.5, 0.6) is 5.75 Å². The third-order valence-corrected chi connectivity index (χ3v) is 14.3. The molecule has 6 atom stereocenters. The highest BCUT2D eigenvalue weighted by Crippen LogP contribution is 2.67. The van der Waals surface area contributed by atoms with Crippen LogP contribution >= 0.6 is 0 Å². The van der Waals surface area contributed by atoms with Gasteiger partial charge in [0.1, 0.15) is 16.9 Å². The topological polar surface area (TPSA) is 145 Å². The summed E-state index contributed by atoms with van der Waals surface area (Å²) in [5.41, 5.74) is -6.86. The van der Waals surface area contributed by atoms with E-state index in [0.717, 1.165) is 0 Å². The quantitative estimate of drug-likeness (QED) is 0.159. The van der Waals surface area contributed by atoms with Gasteiger partial charge in [-0.1, -0.05) is 58.0 Å². The molecule has 0 spiro atoms. The highest BCUT2D eigenvalue weighted by molar-refractivity contribution is 5.96. The second-order valence-corrected chi connectivity index (χ2v) is 17.3. The van der Waals surface area contributed by atoms with Crippen molar-refractivity contribution in [2.75, 3.05) is 0 Å². The number of benzene rings is 2. The van der Waals surface area contributed by atoms with E-state index in [-0.39, 0.29) is 29.7 Å². The molecule has 11 heteroatoms. The molecule has 11 nitrogen and oxygen atoms in total. The number of carbonyl (C=O) groups excluding carboxylic acids is 4. The van der Waals surface area contributed by atoms with Crippen LogP contribution in [0.3, 0.4) is 0 Å². The lowest BCUT2D eigenvalue weighted by Crippen LogP contribution is -2.57. The normalized spacial score (nSPS) is 34.3. The van der Waals surface area contributed by atoms with E-state index in [1.54, 1.807) is 39.8 Å². The predicted molar refractivity (Wildman–Crippen MR) is 186 cm³/mol. The summed E-state index contributed by atoms with van der Waals surface area (Å²) >= 11 is 0. The maximum atomic E-state index is 14.7. The Morgan fingerprint density at radius 2 is 1.23 bits per heavy atom. The second-order valence-electron chi connectivity index (χ2n) is 17.3. The van der Waals surface area contributed by atoms with Crippen molar-refractivity contribution in [3.05, 3.63) is 64.0 Å². The van der Waals surface area contributed by atoms with Crippen molar-refractivity contribution in [1.29, 1.82) is 0 Å². The lowest BCUT2D eigenvalue weighted by molar-refractivity contribution is -0.217. The minimum Gasteiger partial charge on any atom is -0.483 e. The van der Waals surface area contributed by atoms with E-state index in [2.05, 4.69) is 0 Å². The van der Waals surface area contributed by atoms with Crippen LogP contribution in [0.1, 0.15) is 98.3 Å². The Morgan fingerprint density at radius 1 is 0.692 bits per heavy atom. The monoisotopic (exact) mass is 712 g/mol. The number of fused-ring (bicyclic) bond motifs is 7. The van der Waals surface area contributed by atoms with E-state index in [1.807, 2.05) is 65.0 Å². The maximum absolute atomic E-state index is 14.7.